The third-order valence-corrected chi connectivity index (χ3v) is 6.41. The van der Waals surface area contributed by atoms with Gasteiger partial charge < -0.3 is 4.57 Å². The molecular weight excluding hydrogens is 380 g/mol. The number of hydrogen-bond acceptors (Lipinski definition) is 2. The molecule has 5 aromatic rings. The Hall–Kier alpha value is -3.40. The molecule has 1 atom stereocenters. The average Bonchev–Trinajstić information content (AvgIpc) is 3.30. The van der Waals surface area contributed by atoms with Gasteiger partial charge in [0, 0.05) is 11.6 Å². The summed E-state index contributed by atoms with van der Waals surface area (Å²) in [6.45, 7) is 12.9. The lowest BCUT2D eigenvalue weighted by molar-refractivity contribution is 0.650. The van der Waals surface area contributed by atoms with Crippen molar-refractivity contribution in [2.45, 2.75) is 47.6 Å². The first-order valence-corrected chi connectivity index (χ1v) is 10.9. The first-order chi connectivity index (χ1) is 14.9. The van der Waals surface area contributed by atoms with E-state index in [-0.39, 0.29) is 6.04 Å². The first kappa shape index (κ1) is 19.6. The van der Waals surface area contributed by atoms with Crippen LogP contribution in [0, 0.1) is 34.6 Å². The summed E-state index contributed by atoms with van der Waals surface area (Å²) < 4.78 is 4.36. The predicted molar refractivity (Wildman–Crippen MR) is 128 cm³/mol. The number of aryl methyl sites for hydroxylation is 5. The Morgan fingerprint density at radius 2 is 1.48 bits per heavy atom. The largest absolute Gasteiger partial charge is 0.325 e. The zero-order chi connectivity index (χ0) is 21.9. The Morgan fingerprint density at radius 3 is 2.16 bits per heavy atom. The Morgan fingerprint density at radius 1 is 0.806 bits per heavy atom. The van der Waals surface area contributed by atoms with E-state index in [0.717, 1.165) is 33.6 Å². The molecule has 0 N–H and O–H groups in total. The number of nitrogens with zero attached hydrogens (tertiary/aromatic N) is 4. The molecule has 2 aromatic carbocycles. The molecule has 31 heavy (non-hydrogen) atoms. The second kappa shape index (κ2) is 7.09. The van der Waals surface area contributed by atoms with Gasteiger partial charge in [0.2, 0.25) is 0 Å². The van der Waals surface area contributed by atoms with E-state index in [1.165, 1.54) is 27.8 Å². The van der Waals surface area contributed by atoms with Gasteiger partial charge in [-0.2, -0.15) is 9.61 Å². The number of fused-ring (bicyclic) bond motifs is 3. The lowest BCUT2D eigenvalue weighted by Crippen LogP contribution is -2.09. The van der Waals surface area contributed by atoms with Gasteiger partial charge in [-0.25, -0.2) is 4.98 Å². The van der Waals surface area contributed by atoms with Crippen LogP contribution in [0.4, 0.5) is 0 Å². The van der Waals surface area contributed by atoms with Crippen molar-refractivity contribution in [2.75, 3.05) is 0 Å². The molecule has 3 aromatic heterocycles. The molecule has 0 aliphatic carbocycles. The Labute approximate surface area is 183 Å². The summed E-state index contributed by atoms with van der Waals surface area (Å²) in [6, 6.07) is 17.5. The summed E-state index contributed by atoms with van der Waals surface area (Å²) >= 11 is 0. The summed E-state index contributed by atoms with van der Waals surface area (Å²) in [4.78, 5) is 5.04. The smallest absolute Gasteiger partial charge is 0.165 e. The molecule has 0 aliphatic rings. The van der Waals surface area contributed by atoms with Gasteiger partial charge >= 0.3 is 0 Å². The van der Waals surface area contributed by atoms with Crippen LogP contribution < -0.4 is 0 Å². The summed E-state index contributed by atoms with van der Waals surface area (Å²) in [5.74, 6) is 0. The van der Waals surface area contributed by atoms with Crippen LogP contribution in [0.3, 0.4) is 0 Å². The lowest BCUT2D eigenvalue weighted by Gasteiger charge is -2.16. The van der Waals surface area contributed by atoms with Crippen LogP contribution in [0.1, 0.15) is 46.6 Å². The highest BCUT2D eigenvalue weighted by molar-refractivity contribution is 5.89. The van der Waals surface area contributed by atoms with Crippen molar-refractivity contribution < 1.29 is 0 Å². The molecule has 0 fully saturated rings. The highest BCUT2D eigenvalue weighted by Crippen LogP contribution is 2.36. The second-order valence-electron chi connectivity index (χ2n) is 8.71. The molecule has 156 valence electrons. The number of rotatable bonds is 3. The zero-order valence-corrected chi connectivity index (χ0v) is 19.1. The van der Waals surface area contributed by atoms with E-state index in [1.54, 1.807) is 0 Å². The molecule has 1 unspecified atom stereocenters. The zero-order valence-electron chi connectivity index (χ0n) is 19.1. The van der Waals surface area contributed by atoms with Crippen LogP contribution in [0.25, 0.3) is 27.8 Å². The van der Waals surface area contributed by atoms with Crippen molar-refractivity contribution in [1.82, 2.24) is 19.2 Å². The maximum atomic E-state index is 5.04. The number of benzene rings is 2. The number of aromatic nitrogens is 4. The topological polar surface area (TPSA) is 35.1 Å². The van der Waals surface area contributed by atoms with Gasteiger partial charge in [0.1, 0.15) is 5.65 Å². The molecule has 0 radical (unpaired) electrons. The maximum absolute atomic E-state index is 5.04. The van der Waals surface area contributed by atoms with Crippen molar-refractivity contribution in [1.29, 1.82) is 0 Å². The highest BCUT2D eigenvalue weighted by atomic mass is 15.3. The van der Waals surface area contributed by atoms with Crippen molar-refractivity contribution in [3.63, 3.8) is 0 Å². The van der Waals surface area contributed by atoms with Gasteiger partial charge in [-0.05, 0) is 69.9 Å². The van der Waals surface area contributed by atoms with E-state index in [9.17, 15) is 0 Å². The van der Waals surface area contributed by atoms with Crippen LogP contribution in [0.5, 0.6) is 0 Å². The fourth-order valence-corrected chi connectivity index (χ4v) is 5.00. The molecule has 0 saturated heterocycles. The Kier molecular flexibility index (Phi) is 4.47. The molecule has 0 amide bonds. The fourth-order valence-electron chi connectivity index (χ4n) is 5.00. The van der Waals surface area contributed by atoms with Gasteiger partial charge in [0.05, 0.1) is 23.0 Å². The van der Waals surface area contributed by atoms with E-state index in [4.69, 9.17) is 10.1 Å². The summed E-state index contributed by atoms with van der Waals surface area (Å²) in [5.41, 5.74) is 11.5. The van der Waals surface area contributed by atoms with Crippen LogP contribution in [0.15, 0.2) is 54.7 Å². The normalized spacial score (nSPS) is 12.7. The van der Waals surface area contributed by atoms with Gasteiger partial charge in [-0.3, -0.25) is 0 Å². The highest BCUT2D eigenvalue weighted by Gasteiger charge is 2.22. The van der Waals surface area contributed by atoms with Crippen LogP contribution in [-0.2, 0) is 0 Å². The van der Waals surface area contributed by atoms with Gasteiger partial charge in [0.25, 0.3) is 0 Å². The Bertz CT molecular complexity index is 1410. The molecule has 0 bridgehead atoms. The fraction of sp³-hybridized carbons (Fsp3) is 0.259. The lowest BCUT2D eigenvalue weighted by atomic mass is 9.94. The van der Waals surface area contributed by atoms with E-state index in [2.05, 4.69) is 101 Å². The molecule has 4 nitrogen and oxygen atoms in total. The summed E-state index contributed by atoms with van der Waals surface area (Å²) in [6.07, 6.45) is 2.16. The molecule has 4 heteroatoms. The van der Waals surface area contributed by atoms with Crippen LogP contribution in [0.2, 0.25) is 0 Å². The third-order valence-electron chi connectivity index (χ3n) is 6.41. The van der Waals surface area contributed by atoms with Crippen molar-refractivity contribution in [3.8, 4) is 11.1 Å². The number of hydrogen-bond donors (Lipinski definition) is 0. The van der Waals surface area contributed by atoms with Gasteiger partial charge in [-0.1, -0.05) is 48.0 Å². The van der Waals surface area contributed by atoms with E-state index >= 15 is 0 Å². The third kappa shape index (κ3) is 2.97. The van der Waals surface area contributed by atoms with Crippen LogP contribution >= 0.6 is 0 Å². The van der Waals surface area contributed by atoms with Crippen molar-refractivity contribution in [2.24, 2.45) is 0 Å². The Balaban J connectivity index is 1.83. The summed E-state index contributed by atoms with van der Waals surface area (Å²) in [5, 5.41) is 6.15. The van der Waals surface area contributed by atoms with Crippen LogP contribution in [-0.4, -0.2) is 19.2 Å². The molecule has 0 spiro atoms. The quantitative estimate of drug-likeness (QED) is 0.341. The minimum atomic E-state index is 0.194. The standard InChI is InChI=1S/C27H28N4/c1-16-14-17(2)24(18(3)15-16)25-20(5)29-31-26(25)28-19(4)23-12-13-30(27(23)31)21(6)22-10-8-7-9-11-22/h7-15,21H,1-6H3. The second-order valence-corrected chi connectivity index (χ2v) is 8.71. The SMILES string of the molecule is Cc1cc(C)c(-c2c(C)nn3c2nc(C)c2ccn(C(C)c4ccccc4)c23)c(C)c1. The predicted octanol–water partition coefficient (Wildman–Crippen LogP) is 6.50. The minimum absolute atomic E-state index is 0.194. The van der Waals surface area contributed by atoms with Gasteiger partial charge in [0.15, 0.2) is 5.65 Å². The molecular formula is C27H28N4. The maximum Gasteiger partial charge on any atom is 0.165 e. The van der Waals surface area contributed by atoms with E-state index < -0.39 is 0 Å². The van der Waals surface area contributed by atoms with Crippen molar-refractivity contribution >= 4 is 16.7 Å². The molecule has 0 aliphatic heterocycles. The molecule has 5 rings (SSSR count). The van der Waals surface area contributed by atoms with Crippen molar-refractivity contribution in [3.05, 3.63) is 88.4 Å². The monoisotopic (exact) mass is 408 g/mol. The van der Waals surface area contributed by atoms with E-state index in [0.29, 0.717) is 0 Å². The van der Waals surface area contributed by atoms with Gasteiger partial charge in [-0.15, -0.1) is 0 Å². The molecule has 3 heterocycles. The summed E-state index contributed by atoms with van der Waals surface area (Å²) in [7, 11) is 0. The average molecular weight is 409 g/mol. The first-order valence-electron chi connectivity index (χ1n) is 10.9. The minimum Gasteiger partial charge on any atom is -0.325 e. The van der Waals surface area contributed by atoms with E-state index in [1.807, 2.05) is 4.52 Å². The molecule has 0 saturated carbocycles.